The summed E-state index contributed by atoms with van der Waals surface area (Å²) in [5.74, 6) is 0.282. The zero-order chi connectivity index (χ0) is 9.85. The average molecular weight is 180 g/mol. The first-order valence-electron chi connectivity index (χ1n) is 4.83. The molecule has 0 amide bonds. The number of carbonyl (C=O) groups excluding carboxylic acids is 1. The van der Waals surface area contributed by atoms with Crippen LogP contribution in [-0.2, 0) is 9.53 Å². The van der Waals surface area contributed by atoms with Crippen LogP contribution in [0.1, 0.15) is 27.7 Å². The largest absolute Gasteiger partial charge is 0.359 e. The van der Waals surface area contributed by atoms with Crippen LogP contribution in [0.5, 0.6) is 0 Å². The van der Waals surface area contributed by atoms with E-state index in [0.29, 0.717) is 5.78 Å². The monoisotopic (exact) mass is 180 g/mol. The van der Waals surface area contributed by atoms with Crippen LogP contribution in [0.25, 0.3) is 0 Å². The van der Waals surface area contributed by atoms with Gasteiger partial charge in [-0.2, -0.15) is 0 Å². The summed E-state index contributed by atoms with van der Waals surface area (Å²) in [7, 11) is 0. The molecule has 0 unspecified atom stereocenters. The third kappa shape index (κ3) is 0.953. The highest BCUT2D eigenvalue weighted by Gasteiger charge is 2.54. The highest BCUT2D eigenvalue weighted by molar-refractivity contribution is 5.87. The van der Waals surface area contributed by atoms with Crippen molar-refractivity contribution >= 4 is 5.78 Å². The van der Waals surface area contributed by atoms with Gasteiger partial charge in [0.1, 0.15) is 5.78 Å². The van der Waals surface area contributed by atoms with Crippen molar-refractivity contribution in [2.75, 3.05) is 0 Å². The molecule has 2 aliphatic rings. The van der Waals surface area contributed by atoms with Crippen LogP contribution >= 0.6 is 0 Å². The van der Waals surface area contributed by atoms with Gasteiger partial charge in [-0.05, 0) is 13.8 Å². The highest BCUT2D eigenvalue weighted by Crippen LogP contribution is 2.46. The van der Waals surface area contributed by atoms with Gasteiger partial charge < -0.3 is 4.74 Å². The number of Topliss-reactive ketones (excluding diaryl/α,β-unsaturated/α-hetero) is 1. The smallest absolute Gasteiger partial charge is 0.144 e. The van der Waals surface area contributed by atoms with E-state index in [4.69, 9.17) is 4.74 Å². The fraction of sp³-hybridized carbons (Fsp3) is 0.727. The average Bonchev–Trinajstić information content (AvgIpc) is 2.38. The van der Waals surface area contributed by atoms with Gasteiger partial charge in [0.05, 0.1) is 11.2 Å². The Hall–Kier alpha value is -0.630. The van der Waals surface area contributed by atoms with Gasteiger partial charge in [0.25, 0.3) is 0 Å². The van der Waals surface area contributed by atoms with Gasteiger partial charge in [0.15, 0.2) is 0 Å². The Morgan fingerprint density at radius 1 is 1.15 bits per heavy atom. The molecule has 0 saturated carbocycles. The molecule has 2 rings (SSSR count). The quantitative estimate of drug-likeness (QED) is 0.532. The Bertz CT molecular complexity index is 268. The van der Waals surface area contributed by atoms with E-state index in [-0.39, 0.29) is 23.0 Å². The Labute approximate surface area is 79.0 Å². The maximum atomic E-state index is 11.9. The van der Waals surface area contributed by atoms with Crippen molar-refractivity contribution in [3.05, 3.63) is 12.2 Å². The van der Waals surface area contributed by atoms with E-state index in [1.807, 2.05) is 39.8 Å². The van der Waals surface area contributed by atoms with E-state index in [0.717, 1.165) is 0 Å². The zero-order valence-corrected chi connectivity index (χ0v) is 8.63. The third-order valence-electron chi connectivity index (χ3n) is 3.76. The molecule has 2 heterocycles. The lowest BCUT2D eigenvalue weighted by molar-refractivity contribution is -0.175. The van der Waals surface area contributed by atoms with E-state index in [1.54, 1.807) is 0 Å². The highest BCUT2D eigenvalue weighted by atomic mass is 16.5. The molecule has 0 aromatic carbocycles. The second-order valence-corrected chi connectivity index (χ2v) is 4.65. The van der Waals surface area contributed by atoms with Crippen LogP contribution in [0.3, 0.4) is 0 Å². The molecule has 2 nitrogen and oxygen atoms in total. The lowest BCUT2D eigenvalue weighted by atomic mass is 9.77. The molecule has 1 saturated heterocycles. The number of carbonyl (C=O) groups is 1. The predicted octanol–water partition coefficient (Wildman–Crippen LogP) is 1.95. The van der Waals surface area contributed by atoms with E-state index < -0.39 is 0 Å². The number of rotatable bonds is 0. The lowest BCUT2D eigenvalue weighted by Crippen LogP contribution is -2.53. The van der Waals surface area contributed by atoms with Crippen molar-refractivity contribution in [3.8, 4) is 0 Å². The Morgan fingerprint density at radius 3 is 1.92 bits per heavy atom. The predicted molar refractivity (Wildman–Crippen MR) is 50.4 cm³/mol. The van der Waals surface area contributed by atoms with Gasteiger partial charge in [0.2, 0.25) is 0 Å². The van der Waals surface area contributed by atoms with Crippen LogP contribution < -0.4 is 0 Å². The van der Waals surface area contributed by atoms with Gasteiger partial charge >= 0.3 is 0 Å². The van der Waals surface area contributed by atoms with Crippen molar-refractivity contribution in [3.63, 3.8) is 0 Å². The van der Waals surface area contributed by atoms with Crippen molar-refractivity contribution in [1.29, 1.82) is 0 Å². The third-order valence-corrected chi connectivity index (χ3v) is 3.76. The van der Waals surface area contributed by atoms with Crippen LogP contribution in [0.15, 0.2) is 12.2 Å². The summed E-state index contributed by atoms with van der Waals surface area (Å²) in [6, 6.07) is 0. The van der Waals surface area contributed by atoms with Gasteiger partial charge in [-0.15, -0.1) is 0 Å². The van der Waals surface area contributed by atoms with E-state index in [1.165, 1.54) is 0 Å². The first-order chi connectivity index (χ1) is 5.89. The summed E-state index contributed by atoms with van der Waals surface area (Å²) in [5.41, 5.74) is -0.726. The molecule has 0 aromatic rings. The second kappa shape index (κ2) is 2.24. The van der Waals surface area contributed by atoms with Crippen LogP contribution in [-0.4, -0.2) is 17.0 Å². The van der Waals surface area contributed by atoms with Crippen molar-refractivity contribution in [2.45, 2.75) is 38.9 Å². The maximum Gasteiger partial charge on any atom is 0.144 e. The minimum absolute atomic E-state index is 0.0191. The van der Waals surface area contributed by atoms with Crippen LogP contribution in [0.2, 0.25) is 0 Å². The molecule has 0 aliphatic carbocycles. The number of hydrogen-bond donors (Lipinski definition) is 0. The Morgan fingerprint density at radius 2 is 1.54 bits per heavy atom. The summed E-state index contributed by atoms with van der Waals surface area (Å²) < 4.78 is 5.94. The molecule has 0 radical (unpaired) electrons. The van der Waals surface area contributed by atoms with Crippen molar-refractivity contribution < 1.29 is 9.53 Å². The minimum atomic E-state index is -0.363. The van der Waals surface area contributed by atoms with Gasteiger partial charge in [-0.3, -0.25) is 4.79 Å². The normalized spacial score (nSPS) is 54.3. The van der Waals surface area contributed by atoms with Crippen molar-refractivity contribution in [1.82, 2.24) is 0 Å². The molecule has 13 heavy (non-hydrogen) atoms. The number of hydrogen-bond acceptors (Lipinski definition) is 2. The maximum absolute atomic E-state index is 11.9. The Balaban J connectivity index is 2.46. The lowest BCUT2D eigenvalue weighted by Gasteiger charge is -2.43. The summed E-state index contributed by atoms with van der Waals surface area (Å²) in [6.45, 7) is 7.88. The molecular formula is C11H16O2. The van der Waals surface area contributed by atoms with Crippen molar-refractivity contribution in [2.24, 2.45) is 11.8 Å². The molecule has 4 atom stereocenters. The molecule has 2 aliphatic heterocycles. The fourth-order valence-corrected chi connectivity index (χ4v) is 2.28. The van der Waals surface area contributed by atoms with Gasteiger partial charge in [0, 0.05) is 11.8 Å². The molecule has 0 N–H and O–H groups in total. The molecule has 0 aromatic heterocycles. The first-order valence-corrected chi connectivity index (χ1v) is 4.83. The Kier molecular flexibility index (Phi) is 1.54. The SMILES string of the molecule is C[C@@H]1C(=O)[C@H](C)[C@@]2(C)C=C[C@]1(C)O2. The molecular weight excluding hydrogens is 164 g/mol. The van der Waals surface area contributed by atoms with Crippen LogP contribution in [0, 0.1) is 11.8 Å². The second-order valence-electron chi connectivity index (χ2n) is 4.65. The molecule has 72 valence electrons. The molecule has 2 heteroatoms. The van der Waals surface area contributed by atoms with E-state index >= 15 is 0 Å². The molecule has 0 spiro atoms. The number of fused-ring (bicyclic) bond motifs is 2. The summed E-state index contributed by atoms with van der Waals surface area (Å²) in [5, 5.41) is 0. The zero-order valence-electron chi connectivity index (χ0n) is 8.63. The van der Waals surface area contributed by atoms with Gasteiger partial charge in [-0.1, -0.05) is 26.0 Å². The summed E-state index contributed by atoms with van der Waals surface area (Å²) in [6.07, 6.45) is 4.08. The molecule has 2 bridgehead atoms. The number of ether oxygens (including phenoxy) is 1. The topological polar surface area (TPSA) is 26.3 Å². The minimum Gasteiger partial charge on any atom is -0.359 e. The van der Waals surface area contributed by atoms with E-state index in [2.05, 4.69) is 0 Å². The van der Waals surface area contributed by atoms with Gasteiger partial charge in [-0.25, -0.2) is 0 Å². The molecule has 1 fully saturated rings. The van der Waals surface area contributed by atoms with Crippen LogP contribution in [0.4, 0.5) is 0 Å². The standard InChI is InChI=1S/C11H16O2/c1-7-9(12)8(2)11(4)6-5-10(7,3)13-11/h5-8H,1-4H3/t7-,8+,10+,11-. The number of ketones is 1. The fourth-order valence-electron chi connectivity index (χ4n) is 2.28. The first kappa shape index (κ1) is 8.95. The summed E-state index contributed by atoms with van der Waals surface area (Å²) >= 11 is 0. The summed E-state index contributed by atoms with van der Waals surface area (Å²) in [4.78, 5) is 11.9. The van der Waals surface area contributed by atoms with E-state index in [9.17, 15) is 4.79 Å².